The summed E-state index contributed by atoms with van der Waals surface area (Å²) in [5.41, 5.74) is 6.90. The smallest absolute Gasteiger partial charge is 0.292 e. The summed E-state index contributed by atoms with van der Waals surface area (Å²) >= 11 is 6.42. The fraction of sp³-hybridized carbons (Fsp3) is 0. The Bertz CT molecular complexity index is 847. The van der Waals surface area contributed by atoms with Gasteiger partial charge in [0.15, 0.2) is 11.6 Å². The van der Waals surface area contributed by atoms with Crippen LogP contribution in [0.15, 0.2) is 44.1 Å². The first-order valence-electron chi connectivity index (χ1n) is 5.81. The molecule has 3 aromatic rings. The molecule has 3 N–H and O–H groups in total. The lowest BCUT2D eigenvalue weighted by Gasteiger charge is -2.03. The van der Waals surface area contributed by atoms with Gasteiger partial charge in [-0.25, -0.2) is 9.97 Å². The highest BCUT2D eigenvalue weighted by molar-refractivity contribution is 9.11. The van der Waals surface area contributed by atoms with Crippen LogP contribution < -0.4 is 11.1 Å². The highest BCUT2D eigenvalue weighted by atomic mass is 79.9. The SMILES string of the molecule is Nc1ccc2oc(C(=O)Nc3ncc(Br)nc3Br)cc2c1. The highest BCUT2D eigenvalue weighted by Crippen LogP contribution is 2.24. The van der Waals surface area contributed by atoms with Crippen LogP contribution in [0.4, 0.5) is 11.5 Å². The maximum absolute atomic E-state index is 12.2. The molecule has 3 rings (SSSR count). The van der Waals surface area contributed by atoms with Gasteiger partial charge < -0.3 is 15.5 Å². The summed E-state index contributed by atoms with van der Waals surface area (Å²) in [4.78, 5) is 20.3. The van der Waals surface area contributed by atoms with E-state index in [1.807, 2.05) is 0 Å². The van der Waals surface area contributed by atoms with E-state index in [2.05, 4.69) is 47.1 Å². The third kappa shape index (κ3) is 2.91. The van der Waals surface area contributed by atoms with Crippen LogP contribution in [0.5, 0.6) is 0 Å². The lowest BCUT2D eigenvalue weighted by atomic mass is 10.2. The number of nitrogen functional groups attached to an aromatic ring is 1. The number of carbonyl (C=O) groups excluding carboxylic acids is 1. The molecule has 0 aliphatic carbocycles. The largest absolute Gasteiger partial charge is 0.451 e. The molecule has 0 unspecified atom stereocenters. The fourth-order valence-electron chi connectivity index (χ4n) is 1.77. The topological polar surface area (TPSA) is 94.0 Å². The summed E-state index contributed by atoms with van der Waals surface area (Å²) in [6, 6.07) is 6.80. The molecule has 0 atom stereocenters. The highest BCUT2D eigenvalue weighted by Gasteiger charge is 2.15. The number of fused-ring (bicyclic) bond motifs is 1. The van der Waals surface area contributed by atoms with Crippen molar-refractivity contribution in [2.45, 2.75) is 0 Å². The predicted octanol–water partition coefficient (Wildman–Crippen LogP) is 3.58. The van der Waals surface area contributed by atoms with Gasteiger partial charge in [-0.3, -0.25) is 4.79 Å². The van der Waals surface area contributed by atoms with Crippen LogP contribution in [0.3, 0.4) is 0 Å². The zero-order valence-electron chi connectivity index (χ0n) is 10.4. The van der Waals surface area contributed by atoms with E-state index in [9.17, 15) is 4.79 Å². The van der Waals surface area contributed by atoms with Crippen LogP contribution in [-0.4, -0.2) is 15.9 Å². The number of furan rings is 1. The van der Waals surface area contributed by atoms with Crippen LogP contribution in [0.25, 0.3) is 11.0 Å². The lowest BCUT2D eigenvalue weighted by molar-refractivity contribution is 0.0998. The van der Waals surface area contributed by atoms with Crippen molar-refractivity contribution in [3.05, 3.63) is 45.4 Å². The molecule has 0 aliphatic rings. The summed E-state index contributed by atoms with van der Waals surface area (Å²) in [5, 5.41) is 3.39. The molecule has 8 heteroatoms. The van der Waals surface area contributed by atoms with E-state index < -0.39 is 5.91 Å². The Morgan fingerprint density at radius 2 is 2.10 bits per heavy atom. The minimum atomic E-state index is -0.415. The monoisotopic (exact) mass is 410 g/mol. The van der Waals surface area contributed by atoms with Crippen LogP contribution in [0.1, 0.15) is 10.6 Å². The number of amides is 1. The summed E-state index contributed by atoms with van der Waals surface area (Å²) < 4.78 is 6.46. The Labute approximate surface area is 136 Å². The number of rotatable bonds is 2. The van der Waals surface area contributed by atoms with Crippen molar-refractivity contribution in [3.63, 3.8) is 0 Å². The van der Waals surface area contributed by atoms with Crippen molar-refractivity contribution in [2.24, 2.45) is 0 Å². The third-order valence-electron chi connectivity index (χ3n) is 2.70. The molecule has 0 saturated heterocycles. The van der Waals surface area contributed by atoms with Crippen molar-refractivity contribution in [3.8, 4) is 0 Å². The second kappa shape index (κ2) is 5.45. The molecule has 0 bridgehead atoms. The summed E-state index contributed by atoms with van der Waals surface area (Å²) in [5.74, 6) is 0.0671. The zero-order valence-corrected chi connectivity index (χ0v) is 13.6. The quantitative estimate of drug-likeness (QED) is 0.628. The van der Waals surface area contributed by atoms with Crippen LogP contribution in [-0.2, 0) is 0 Å². The second-order valence-corrected chi connectivity index (χ2v) is 5.76. The van der Waals surface area contributed by atoms with Crippen LogP contribution >= 0.6 is 31.9 Å². The number of nitrogens with one attached hydrogen (secondary N) is 1. The molecule has 2 aromatic heterocycles. The first-order valence-corrected chi connectivity index (χ1v) is 7.40. The standard InChI is InChI=1S/C13H8Br2N4O2/c14-10-5-17-12(11(15)18-10)19-13(20)9-4-6-3-7(16)1-2-8(6)21-9/h1-5H,16H2,(H,17,19,20). The molecule has 0 aliphatic heterocycles. The van der Waals surface area contributed by atoms with Gasteiger partial charge in [0.2, 0.25) is 0 Å². The summed E-state index contributed by atoms with van der Waals surface area (Å²) in [7, 11) is 0. The Balaban J connectivity index is 1.89. The molecule has 21 heavy (non-hydrogen) atoms. The van der Waals surface area contributed by atoms with E-state index in [0.717, 1.165) is 5.39 Å². The fourth-order valence-corrected chi connectivity index (χ4v) is 2.68. The van der Waals surface area contributed by atoms with Crippen molar-refractivity contribution < 1.29 is 9.21 Å². The maximum Gasteiger partial charge on any atom is 0.292 e. The molecule has 6 nitrogen and oxygen atoms in total. The van der Waals surface area contributed by atoms with Crippen molar-refractivity contribution in [2.75, 3.05) is 11.1 Å². The van der Waals surface area contributed by atoms with Gasteiger partial charge in [-0.15, -0.1) is 0 Å². The number of halogens is 2. The third-order valence-corrected chi connectivity index (χ3v) is 3.63. The maximum atomic E-state index is 12.2. The lowest BCUT2D eigenvalue weighted by Crippen LogP contribution is -2.12. The van der Waals surface area contributed by atoms with E-state index in [1.54, 1.807) is 24.3 Å². The number of hydrogen-bond acceptors (Lipinski definition) is 5. The Morgan fingerprint density at radius 3 is 2.86 bits per heavy atom. The molecular formula is C13H8Br2N4O2. The molecule has 106 valence electrons. The van der Waals surface area contributed by atoms with Gasteiger partial charge in [0.05, 0.1) is 6.20 Å². The van der Waals surface area contributed by atoms with Crippen molar-refractivity contribution >= 4 is 60.2 Å². The van der Waals surface area contributed by atoms with Crippen LogP contribution in [0.2, 0.25) is 0 Å². The van der Waals surface area contributed by atoms with E-state index in [1.165, 1.54) is 6.20 Å². The summed E-state index contributed by atoms with van der Waals surface area (Å²) in [6.45, 7) is 0. The second-order valence-electron chi connectivity index (χ2n) is 4.19. The van der Waals surface area contributed by atoms with E-state index in [-0.39, 0.29) is 5.76 Å². The summed E-state index contributed by atoms with van der Waals surface area (Å²) in [6.07, 6.45) is 1.49. The molecule has 2 heterocycles. The molecule has 1 amide bonds. The number of benzene rings is 1. The van der Waals surface area contributed by atoms with Gasteiger partial charge in [0.25, 0.3) is 5.91 Å². The minimum absolute atomic E-state index is 0.173. The first kappa shape index (κ1) is 14.0. The molecule has 0 saturated carbocycles. The minimum Gasteiger partial charge on any atom is -0.451 e. The molecular weight excluding hydrogens is 404 g/mol. The molecule has 1 aromatic carbocycles. The van der Waals surface area contributed by atoms with Gasteiger partial charge in [-0.05, 0) is 56.1 Å². The molecule has 0 fully saturated rings. The number of nitrogens with two attached hydrogens (primary N) is 1. The average Bonchev–Trinajstić information content (AvgIpc) is 2.85. The number of anilines is 2. The first-order chi connectivity index (χ1) is 10.0. The van der Waals surface area contributed by atoms with E-state index >= 15 is 0 Å². The van der Waals surface area contributed by atoms with E-state index in [4.69, 9.17) is 10.2 Å². The number of hydrogen-bond donors (Lipinski definition) is 2. The normalized spacial score (nSPS) is 10.8. The van der Waals surface area contributed by atoms with Crippen molar-refractivity contribution in [1.82, 2.24) is 9.97 Å². The molecule has 0 radical (unpaired) electrons. The Kier molecular flexibility index (Phi) is 3.64. The number of nitrogens with zero attached hydrogens (tertiary/aromatic N) is 2. The van der Waals surface area contributed by atoms with Crippen molar-refractivity contribution in [1.29, 1.82) is 0 Å². The van der Waals surface area contributed by atoms with E-state index in [0.29, 0.717) is 26.3 Å². The van der Waals surface area contributed by atoms with Gasteiger partial charge in [0, 0.05) is 11.1 Å². The predicted molar refractivity (Wildman–Crippen MR) is 86.0 cm³/mol. The van der Waals surface area contributed by atoms with Gasteiger partial charge in [-0.2, -0.15) is 0 Å². The number of aromatic nitrogens is 2. The molecule has 0 spiro atoms. The number of carbonyl (C=O) groups is 1. The zero-order chi connectivity index (χ0) is 15.0. The Hall–Kier alpha value is -1.93. The van der Waals surface area contributed by atoms with Gasteiger partial charge in [-0.1, -0.05) is 0 Å². The van der Waals surface area contributed by atoms with Gasteiger partial charge in [0.1, 0.15) is 14.8 Å². The average molecular weight is 412 g/mol. The van der Waals surface area contributed by atoms with Gasteiger partial charge >= 0.3 is 0 Å². The van der Waals surface area contributed by atoms with Crippen LogP contribution in [0, 0.1) is 0 Å². The Morgan fingerprint density at radius 1 is 1.29 bits per heavy atom.